The maximum Gasteiger partial charge on any atom is 0.274 e. The zero-order valence-corrected chi connectivity index (χ0v) is 11.4. The fourth-order valence-electron chi connectivity index (χ4n) is 2.79. The van der Waals surface area contributed by atoms with Crippen LogP contribution in [-0.2, 0) is 11.3 Å². The number of carbonyl (C=O) groups excluding carboxylic acids is 1. The quantitative estimate of drug-likeness (QED) is 0.820. The van der Waals surface area contributed by atoms with Crippen molar-refractivity contribution in [3.63, 3.8) is 0 Å². The van der Waals surface area contributed by atoms with E-state index in [-0.39, 0.29) is 18.1 Å². The number of aryl methyl sites for hydroxylation is 1. The van der Waals surface area contributed by atoms with Gasteiger partial charge in [0.05, 0.1) is 12.2 Å². The monoisotopic (exact) mass is 264 g/mol. The molecule has 0 spiro atoms. The highest BCUT2D eigenvalue weighted by Crippen LogP contribution is 2.18. The van der Waals surface area contributed by atoms with E-state index in [1.54, 1.807) is 0 Å². The van der Waals surface area contributed by atoms with E-state index >= 15 is 0 Å². The average Bonchev–Trinajstić information content (AvgIpc) is 2.80. The van der Waals surface area contributed by atoms with Crippen molar-refractivity contribution in [1.29, 1.82) is 0 Å². The molecule has 6 heteroatoms. The van der Waals surface area contributed by atoms with Crippen LogP contribution in [0, 0.1) is 0 Å². The summed E-state index contributed by atoms with van der Waals surface area (Å²) in [6.07, 6.45) is 3.10. The maximum atomic E-state index is 12.5. The van der Waals surface area contributed by atoms with Crippen molar-refractivity contribution in [2.75, 3.05) is 25.0 Å². The Kier molecular flexibility index (Phi) is 3.18. The van der Waals surface area contributed by atoms with Crippen molar-refractivity contribution in [2.24, 2.45) is 0 Å². The Labute approximate surface area is 112 Å². The van der Waals surface area contributed by atoms with Crippen molar-refractivity contribution in [1.82, 2.24) is 14.5 Å². The SMILES string of the molecule is CC1CN(C(=O)c2cn3c(n2)NCCC3)CC(C)O1. The number of anilines is 1. The van der Waals surface area contributed by atoms with Crippen LogP contribution >= 0.6 is 0 Å². The van der Waals surface area contributed by atoms with E-state index in [1.165, 1.54) is 0 Å². The number of morpholine rings is 1. The van der Waals surface area contributed by atoms with Crippen molar-refractivity contribution >= 4 is 11.9 Å². The first-order chi connectivity index (χ1) is 9.13. The van der Waals surface area contributed by atoms with Gasteiger partial charge in [0.25, 0.3) is 5.91 Å². The first kappa shape index (κ1) is 12.5. The summed E-state index contributed by atoms with van der Waals surface area (Å²) < 4.78 is 7.67. The molecule has 3 rings (SSSR count). The summed E-state index contributed by atoms with van der Waals surface area (Å²) in [4.78, 5) is 18.7. The lowest BCUT2D eigenvalue weighted by Gasteiger charge is -2.34. The Hall–Kier alpha value is -1.56. The van der Waals surface area contributed by atoms with Gasteiger partial charge in [0, 0.05) is 32.4 Å². The molecule has 1 aromatic rings. The fraction of sp³-hybridized carbons (Fsp3) is 0.692. The Bertz CT molecular complexity index is 451. The molecule has 0 aliphatic carbocycles. The fourth-order valence-corrected chi connectivity index (χ4v) is 2.79. The standard InChI is InChI=1S/C13H20N4O2/c1-9-6-17(7-10(2)19-9)12(18)11-8-16-5-3-4-14-13(16)15-11/h8-10H,3-7H2,1-2H3,(H,14,15). The smallest absolute Gasteiger partial charge is 0.274 e. The molecule has 104 valence electrons. The van der Waals surface area contributed by atoms with E-state index in [2.05, 4.69) is 10.3 Å². The van der Waals surface area contributed by atoms with Gasteiger partial charge < -0.3 is 19.5 Å². The number of hydrogen-bond donors (Lipinski definition) is 1. The number of nitrogens with one attached hydrogen (secondary N) is 1. The molecule has 0 aromatic carbocycles. The Morgan fingerprint density at radius 1 is 1.42 bits per heavy atom. The predicted molar refractivity (Wildman–Crippen MR) is 71.2 cm³/mol. The summed E-state index contributed by atoms with van der Waals surface area (Å²) in [5.74, 6) is 0.814. The van der Waals surface area contributed by atoms with Gasteiger partial charge in [0.2, 0.25) is 5.95 Å². The van der Waals surface area contributed by atoms with Crippen molar-refractivity contribution in [2.45, 2.75) is 39.0 Å². The maximum absolute atomic E-state index is 12.5. The van der Waals surface area contributed by atoms with E-state index in [9.17, 15) is 4.79 Å². The number of ether oxygens (including phenoxy) is 1. The van der Waals surface area contributed by atoms with Crippen LogP contribution in [0.3, 0.4) is 0 Å². The van der Waals surface area contributed by atoms with E-state index < -0.39 is 0 Å². The molecule has 1 aromatic heterocycles. The molecule has 1 fully saturated rings. The van der Waals surface area contributed by atoms with Crippen LogP contribution < -0.4 is 5.32 Å². The second-order valence-electron chi connectivity index (χ2n) is 5.39. The van der Waals surface area contributed by atoms with Gasteiger partial charge in [0.15, 0.2) is 0 Å². The van der Waals surface area contributed by atoms with Crippen LogP contribution in [-0.4, -0.2) is 52.2 Å². The third-order valence-corrected chi connectivity index (χ3v) is 3.56. The van der Waals surface area contributed by atoms with Crippen LogP contribution in [0.5, 0.6) is 0 Å². The van der Waals surface area contributed by atoms with Gasteiger partial charge in [-0.3, -0.25) is 4.79 Å². The molecule has 6 nitrogen and oxygen atoms in total. The largest absolute Gasteiger partial charge is 0.372 e. The molecule has 0 bridgehead atoms. The summed E-state index contributed by atoms with van der Waals surface area (Å²) in [5, 5.41) is 3.21. The number of amides is 1. The molecule has 1 amide bonds. The van der Waals surface area contributed by atoms with E-state index in [0.717, 1.165) is 25.5 Å². The third-order valence-electron chi connectivity index (χ3n) is 3.56. The minimum atomic E-state index is 0.00528. The normalized spacial score (nSPS) is 26.7. The molecule has 2 aliphatic rings. The van der Waals surface area contributed by atoms with Gasteiger partial charge in [0.1, 0.15) is 5.69 Å². The highest BCUT2D eigenvalue weighted by molar-refractivity contribution is 5.92. The summed E-state index contributed by atoms with van der Waals surface area (Å²) >= 11 is 0. The molecule has 2 unspecified atom stereocenters. The molecule has 2 atom stereocenters. The minimum Gasteiger partial charge on any atom is -0.372 e. The molecule has 19 heavy (non-hydrogen) atoms. The number of nitrogens with zero attached hydrogens (tertiary/aromatic N) is 3. The number of aromatic nitrogens is 2. The summed E-state index contributed by atoms with van der Waals surface area (Å²) in [6.45, 7) is 7.12. The topological polar surface area (TPSA) is 59.4 Å². The summed E-state index contributed by atoms with van der Waals surface area (Å²) in [6, 6.07) is 0. The molecule has 1 saturated heterocycles. The van der Waals surface area contributed by atoms with E-state index in [1.807, 2.05) is 29.5 Å². The Morgan fingerprint density at radius 2 is 2.16 bits per heavy atom. The molecule has 0 radical (unpaired) electrons. The molecule has 3 heterocycles. The number of carbonyl (C=O) groups is 1. The first-order valence-electron chi connectivity index (χ1n) is 6.89. The zero-order chi connectivity index (χ0) is 13.4. The van der Waals surface area contributed by atoms with Crippen LogP contribution in [0.1, 0.15) is 30.8 Å². The van der Waals surface area contributed by atoms with Crippen molar-refractivity contribution in [3.8, 4) is 0 Å². The lowest BCUT2D eigenvalue weighted by molar-refractivity contribution is -0.0587. The van der Waals surface area contributed by atoms with Crippen LogP contribution in [0.15, 0.2) is 6.20 Å². The number of hydrogen-bond acceptors (Lipinski definition) is 4. The average molecular weight is 264 g/mol. The number of fused-ring (bicyclic) bond motifs is 1. The molecule has 1 N–H and O–H groups in total. The highest BCUT2D eigenvalue weighted by atomic mass is 16.5. The van der Waals surface area contributed by atoms with Crippen LogP contribution in [0.4, 0.5) is 5.95 Å². The third kappa shape index (κ3) is 2.45. The lowest BCUT2D eigenvalue weighted by Crippen LogP contribution is -2.48. The minimum absolute atomic E-state index is 0.00528. The van der Waals surface area contributed by atoms with Crippen LogP contribution in [0.25, 0.3) is 0 Å². The number of rotatable bonds is 1. The zero-order valence-electron chi connectivity index (χ0n) is 11.4. The Morgan fingerprint density at radius 3 is 2.84 bits per heavy atom. The molecular formula is C13H20N4O2. The van der Waals surface area contributed by atoms with Crippen molar-refractivity contribution < 1.29 is 9.53 Å². The number of imidazole rings is 1. The van der Waals surface area contributed by atoms with E-state index in [4.69, 9.17) is 4.74 Å². The van der Waals surface area contributed by atoms with Crippen molar-refractivity contribution in [3.05, 3.63) is 11.9 Å². The van der Waals surface area contributed by atoms with E-state index in [0.29, 0.717) is 18.8 Å². The second kappa shape index (κ2) is 4.85. The molecular weight excluding hydrogens is 244 g/mol. The van der Waals surface area contributed by atoms with Gasteiger partial charge in [-0.15, -0.1) is 0 Å². The lowest BCUT2D eigenvalue weighted by atomic mass is 10.2. The van der Waals surface area contributed by atoms with Gasteiger partial charge in [-0.1, -0.05) is 0 Å². The summed E-state index contributed by atoms with van der Waals surface area (Å²) in [5.41, 5.74) is 0.533. The van der Waals surface area contributed by atoms with Gasteiger partial charge in [-0.2, -0.15) is 0 Å². The molecule has 2 aliphatic heterocycles. The first-order valence-corrected chi connectivity index (χ1v) is 6.89. The summed E-state index contributed by atoms with van der Waals surface area (Å²) in [7, 11) is 0. The highest BCUT2D eigenvalue weighted by Gasteiger charge is 2.28. The van der Waals surface area contributed by atoms with Gasteiger partial charge >= 0.3 is 0 Å². The predicted octanol–water partition coefficient (Wildman–Crippen LogP) is 0.948. The Balaban J connectivity index is 1.77. The van der Waals surface area contributed by atoms with Gasteiger partial charge in [-0.25, -0.2) is 4.98 Å². The van der Waals surface area contributed by atoms with Crippen LogP contribution in [0.2, 0.25) is 0 Å². The second-order valence-corrected chi connectivity index (χ2v) is 5.39. The molecule has 0 saturated carbocycles. The van der Waals surface area contributed by atoms with Gasteiger partial charge in [-0.05, 0) is 20.3 Å².